The van der Waals surface area contributed by atoms with Crippen LogP contribution in [0.5, 0.6) is 0 Å². The van der Waals surface area contributed by atoms with Crippen molar-refractivity contribution in [3.05, 3.63) is 88.4 Å². The van der Waals surface area contributed by atoms with E-state index < -0.39 is 9.84 Å². The predicted octanol–water partition coefficient (Wildman–Crippen LogP) is 5.19. The van der Waals surface area contributed by atoms with E-state index in [4.69, 9.17) is 28.9 Å². The van der Waals surface area contributed by atoms with Gasteiger partial charge in [-0.1, -0.05) is 47.5 Å². The van der Waals surface area contributed by atoms with Gasteiger partial charge in [0.05, 0.1) is 22.1 Å². The largest absolute Gasteiger partial charge is 0.382 e. The minimum atomic E-state index is -4.05. The van der Waals surface area contributed by atoms with E-state index >= 15 is 0 Å². The van der Waals surface area contributed by atoms with Gasteiger partial charge in [-0.15, -0.1) is 0 Å². The van der Waals surface area contributed by atoms with Gasteiger partial charge >= 0.3 is 0 Å². The molecule has 2 aromatic heterocycles. The first-order valence-electron chi connectivity index (χ1n) is 9.72. The summed E-state index contributed by atoms with van der Waals surface area (Å²) in [5.41, 5.74) is 8.59. The van der Waals surface area contributed by atoms with Crippen LogP contribution in [0.3, 0.4) is 0 Å². The number of sulfone groups is 1. The van der Waals surface area contributed by atoms with Gasteiger partial charge < -0.3 is 5.73 Å². The molecule has 2 heterocycles. The van der Waals surface area contributed by atoms with Crippen molar-refractivity contribution in [1.82, 2.24) is 14.6 Å². The average molecular weight is 496 g/mol. The van der Waals surface area contributed by atoms with Crippen LogP contribution in [0.2, 0.25) is 10.0 Å². The molecular formula is C23H15Cl2N5O2S. The summed E-state index contributed by atoms with van der Waals surface area (Å²) in [5.74, 6) is -0.0968. The lowest BCUT2D eigenvalue weighted by atomic mass is 10.2. The highest BCUT2D eigenvalue weighted by atomic mass is 35.5. The van der Waals surface area contributed by atoms with E-state index in [1.807, 2.05) is 6.07 Å². The Morgan fingerprint density at radius 1 is 0.848 bits per heavy atom. The van der Waals surface area contributed by atoms with Gasteiger partial charge in [0, 0.05) is 10.0 Å². The van der Waals surface area contributed by atoms with Crippen molar-refractivity contribution < 1.29 is 8.42 Å². The van der Waals surface area contributed by atoms with Gasteiger partial charge in [0.2, 0.25) is 9.84 Å². The first-order chi connectivity index (χ1) is 15.8. The van der Waals surface area contributed by atoms with Gasteiger partial charge in [0.1, 0.15) is 16.2 Å². The second-order valence-corrected chi connectivity index (χ2v) is 9.92. The van der Waals surface area contributed by atoms with Crippen molar-refractivity contribution in [3.8, 4) is 0 Å². The molecule has 0 unspecified atom stereocenters. The SMILES string of the molecule is Nc1c(S(=O)(=O)c2ccc(Cl)cc2)c2nc3ccccc3nc2n1/N=C/c1ccc(Cl)cc1. The van der Waals surface area contributed by atoms with E-state index in [-0.39, 0.29) is 26.8 Å². The summed E-state index contributed by atoms with van der Waals surface area (Å²) in [6.45, 7) is 0. The van der Waals surface area contributed by atoms with E-state index in [2.05, 4.69) is 15.1 Å². The van der Waals surface area contributed by atoms with Gasteiger partial charge in [0.15, 0.2) is 5.65 Å². The predicted molar refractivity (Wildman–Crippen MR) is 131 cm³/mol. The first-order valence-corrected chi connectivity index (χ1v) is 12.0. The third kappa shape index (κ3) is 3.82. The molecule has 0 fully saturated rings. The lowest BCUT2D eigenvalue weighted by Crippen LogP contribution is -2.06. The summed E-state index contributed by atoms with van der Waals surface area (Å²) < 4.78 is 28.4. The minimum Gasteiger partial charge on any atom is -0.382 e. The highest BCUT2D eigenvalue weighted by Crippen LogP contribution is 2.35. The van der Waals surface area contributed by atoms with Gasteiger partial charge in [-0.05, 0) is 54.1 Å². The molecule has 0 spiro atoms. The Morgan fingerprint density at radius 3 is 2.06 bits per heavy atom. The molecule has 7 nitrogen and oxygen atoms in total. The lowest BCUT2D eigenvalue weighted by Gasteiger charge is -2.05. The van der Waals surface area contributed by atoms with Crippen LogP contribution in [-0.2, 0) is 9.84 Å². The molecule has 0 atom stereocenters. The molecule has 3 aromatic carbocycles. The van der Waals surface area contributed by atoms with E-state index in [0.29, 0.717) is 21.1 Å². The number of rotatable bonds is 4. The Balaban J connectivity index is 1.78. The summed E-state index contributed by atoms with van der Waals surface area (Å²) in [5, 5.41) is 5.43. The molecular weight excluding hydrogens is 481 g/mol. The molecule has 164 valence electrons. The Labute approximate surface area is 199 Å². The fraction of sp³-hybridized carbons (Fsp3) is 0. The van der Waals surface area contributed by atoms with E-state index in [1.54, 1.807) is 48.7 Å². The van der Waals surface area contributed by atoms with Crippen LogP contribution in [0.15, 0.2) is 87.7 Å². The Hall–Kier alpha value is -3.46. The fourth-order valence-corrected chi connectivity index (χ4v) is 5.14. The van der Waals surface area contributed by atoms with Crippen molar-refractivity contribution in [2.75, 3.05) is 5.73 Å². The van der Waals surface area contributed by atoms with Crippen molar-refractivity contribution in [2.24, 2.45) is 5.10 Å². The molecule has 0 saturated carbocycles. The third-order valence-corrected chi connectivity index (χ3v) is 7.35. The van der Waals surface area contributed by atoms with E-state index in [1.165, 1.54) is 28.9 Å². The quantitative estimate of drug-likeness (QED) is 0.345. The molecule has 2 N–H and O–H groups in total. The Kier molecular flexibility index (Phi) is 5.28. The van der Waals surface area contributed by atoms with E-state index in [0.717, 1.165) is 5.56 Å². The number of anilines is 1. The molecule has 0 radical (unpaired) electrons. The molecule has 10 heteroatoms. The van der Waals surface area contributed by atoms with Crippen LogP contribution in [0.1, 0.15) is 5.56 Å². The van der Waals surface area contributed by atoms with E-state index in [9.17, 15) is 8.42 Å². The monoisotopic (exact) mass is 495 g/mol. The average Bonchev–Trinajstić information content (AvgIpc) is 3.08. The number of nitrogens with zero attached hydrogens (tertiary/aromatic N) is 4. The number of fused-ring (bicyclic) bond motifs is 2. The third-order valence-electron chi connectivity index (χ3n) is 5.01. The molecule has 5 aromatic rings. The molecule has 0 amide bonds. The van der Waals surface area contributed by atoms with Gasteiger partial charge in [0.25, 0.3) is 0 Å². The lowest BCUT2D eigenvalue weighted by molar-refractivity contribution is 0.597. The molecule has 0 aliphatic heterocycles. The standard InChI is InChI=1S/C23H15Cl2N5O2S/c24-15-7-5-14(6-8-15)13-27-30-22(26)21(33(31,32)17-11-9-16(25)10-12-17)20-23(30)29-19-4-2-1-3-18(19)28-20/h1-13H,26H2/b27-13+. The maximum atomic E-state index is 13.6. The van der Waals surface area contributed by atoms with Gasteiger partial charge in [-0.25, -0.2) is 18.4 Å². The second kappa shape index (κ2) is 8.15. The Bertz CT molecular complexity index is 1650. The zero-order valence-corrected chi connectivity index (χ0v) is 19.2. The maximum absolute atomic E-state index is 13.6. The molecule has 0 bridgehead atoms. The topological polar surface area (TPSA) is 103 Å². The number of benzene rings is 3. The van der Waals surface area contributed by atoms with Crippen LogP contribution in [0.25, 0.3) is 22.2 Å². The van der Waals surface area contributed by atoms with Crippen molar-refractivity contribution in [3.63, 3.8) is 0 Å². The highest BCUT2D eigenvalue weighted by molar-refractivity contribution is 7.92. The molecule has 0 aliphatic carbocycles. The minimum absolute atomic E-state index is 0.0364. The van der Waals surface area contributed by atoms with Crippen LogP contribution in [-0.4, -0.2) is 29.3 Å². The Morgan fingerprint density at radius 2 is 1.42 bits per heavy atom. The number of para-hydroxylation sites is 2. The number of nitrogens with two attached hydrogens (primary N) is 1. The molecule has 0 aliphatic rings. The zero-order chi connectivity index (χ0) is 23.2. The maximum Gasteiger partial charge on any atom is 0.212 e. The number of halogens is 2. The number of nitrogen functional groups attached to an aromatic ring is 1. The van der Waals surface area contributed by atoms with Crippen molar-refractivity contribution >= 4 is 67.3 Å². The van der Waals surface area contributed by atoms with Crippen molar-refractivity contribution in [2.45, 2.75) is 9.79 Å². The molecule has 0 saturated heterocycles. The normalized spacial score (nSPS) is 12.2. The van der Waals surface area contributed by atoms with Crippen LogP contribution < -0.4 is 5.73 Å². The number of hydrogen-bond acceptors (Lipinski definition) is 6. The number of hydrogen-bond donors (Lipinski definition) is 1. The molecule has 5 rings (SSSR count). The summed E-state index contributed by atoms with van der Waals surface area (Å²) >= 11 is 11.9. The molecule has 33 heavy (non-hydrogen) atoms. The summed E-state index contributed by atoms with van der Waals surface area (Å²) in [7, 11) is -4.05. The smallest absolute Gasteiger partial charge is 0.212 e. The highest BCUT2D eigenvalue weighted by Gasteiger charge is 2.30. The first kappa shape index (κ1) is 21.4. The summed E-state index contributed by atoms with van der Waals surface area (Å²) in [4.78, 5) is 9.06. The van der Waals surface area contributed by atoms with Crippen molar-refractivity contribution in [1.29, 1.82) is 0 Å². The van der Waals surface area contributed by atoms with Gasteiger partial charge in [-0.3, -0.25) is 0 Å². The van der Waals surface area contributed by atoms with Crippen LogP contribution in [0.4, 0.5) is 5.82 Å². The zero-order valence-electron chi connectivity index (χ0n) is 16.9. The summed E-state index contributed by atoms with van der Waals surface area (Å²) in [6, 6.07) is 20.0. The second-order valence-electron chi connectivity index (χ2n) is 7.16. The van der Waals surface area contributed by atoms with Crippen LogP contribution >= 0.6 is 23.2 Å². The number of aromatic nitrogens is 3. The fourth-order valence-electron chi connectivity index (χ4n) is 3.41. The van der Waals surface area contributed by atoms with Crippen LogP contribution in [0, 0.1) is 0 Å². The van der Waals surface area contributed by atoms with Gasteiger partial charge in [-0.2, -0.15) is 9.78 Å². The summed E-state index contributed by atoms with van der Waals surface area (Å²) in [6.07, 6.45) is 1.54.